The molecular formula is C25H21NO2S. The van der Waals surface area contributed by atoms with Crippen molar-refractivity contribution in [1.29, 1.82) is 0 Å². The van der Waals surface area contributed by atoms with Crippen LogP contribution in [0.3, 0.4) is 0 Å². The Hall–Kier alpha value is -3.37. The van der Waals surface area contributed by atoms with Crippen molar-refractivity contribution in [3.8, 4) is 22.4 Å². The molecule has 0 aliphatic rings. The number of hydrogen-bond donors (Lipinski definition) is 0. The number of fused-ring (bicyclic) bond motifs is 1. The summed E-state index contributed by atoms with van der Waals surface area (Å²) in [6, 6.07) is 20.4. The van der Waals surface area contributed by atoms with Crippen LogP contribution < -0.4 is 0 Å². The first-order valence-corrected chi connectivity index (χ1v) is 10.1. The van der Waals surface area contributed by atoms with Gasteiger partial charge in [0, 0.05) is 17.7 Å². The Labute approximate surface area is 174 Å². The Morgan fingerprint density at radius 2 is 1.83 bits per heavy atom. The summed E-state index contributed by atoms with van der Waals surface area (Å²) in [5, 5.41) is 0. The molecule has 3 nitrogen and oxygen atoms in total. The molecule has 4 heteroatoms. The number of carbonyl (C=O) groups is 1. The highest BCUT2D eigenvalue weighted by molar-refractivity contribution is 7.21. The Balaban J connectivity index is 2.14. The van der Waals surface area contributed by atoms with Gasteiger partial charge in [0.15, 0.2) is 0 Å². The van der Waals surface area contributed by atoms with Gasteiger partial charge in [0.05, 0.1) is 23.0 Å². The Bertz CT molecular complexity index is 1210. The zero-order valence-corrected chi connectivity index (χ0v) is 17.0. The number of aromatic nitrogens is 1. The molecular weight excluding hydrogens is 378 g/mol. The van der Waals surface area contributed by atoms with E-state index in [1.54, 1.807) is 0 Å². The number of ether oxygens (including phenoxy) is 1. The van der Waals surface area contributed by atoms with Crippen LogP contribution in [0.4, 0.5) is 0 Å². The SMILES string of the molecule is C=CCn1c(-c2ccccc2C=C)c(-c2ccccc2)c2sc(C(=O)OC)cc21. The molecule has 2 heterocycles. The van der Waals surface area contributed by atoms with Gasteiger partial charge < -0.3 is 9.30 Å². The normalized spacial score (nSPS) is 10.8. The Morgan fingerprint density at radius 1 is 1.10 bits per heavy atom. The summed E-state index contributed by atoms with van der Waals surface area (Å²) in [5.41, 5.74) is 6.48. The van der Waals surface area contributed by atoms with Crippen molar-refractivity contribution in [2.45, 2.75) is 6.54 Å². The Kier molecular flexibility index (Phi) is 5.19. The van der Waals surface area contributed by atoms with Crippen molar-refractivity contribution in [3.05, 3.63) is 90.3 Å². The first-order chi connectivity index (χ1) is 14.2. The van der Waals surface area contributed by atoms with Crippen LogP contribution in [0.15, 0.2) is 79.9 Å². The molecule has 29 heavy (non-hydrogen) atoms. The second-order valence-corrected chi connectivity index (χ2v) is 7.65. The maximum absolute atomic E-state index is 12.2. The van der Waals surface area contributed by atoms with Crippen molar-refractivity contribution in [2.75, 3.05) is 7.11 Å². The van der Waals surface area contributed by atoms with Crippen molar-refractivity contribution in [2.24, 2.45) is 0 Å². The molecule has 144 valence electrons. The predicted molar refractivity (Wildman–Crippen MR) is 122 cm³/mol. The van der Waals surface area contributed by atoms with Crippen LogP contribution in [-0.2, 0) is 11.3 Å². The predicted octanol–water partition coefficient (Wildman–Crippen LogP) is 6.65. The van der Waals surface area contributed by atoms with Crippen molar-refractivity contribution >= 4 is 33.6 Å². The largest absolute Gasteiger partial charge is 0.465 e. The molecule has 0 aliphatic heterocycles. The molecule has 0 saturated carbocycles. The smallest absolute Gasteiger partial charge is 0.348 e. The highest BCUT2D eigenvalue weighted by Gasteiger charge is 2.24. The molecule has 0 aliphatic carbocycles. The van der Waals surface area contributed by atoms with Crippen LogP contribution in [0.25, 0.3) is 38.7 Å². The highest BCUT2D eigenvalue weighted by Crippen LogP contribution is 2.45. The standard InChI is InChI=1S/C25H21NO2S/c1-4-15-26-20-16-21(25(27)28-3)29-24(20)22(18-12-7-6-8-13-18)23(26)19-14-10-9-11-17(19)5-2/h4-14,16H,1-2,15H2,3H3. The van der Waals surface area contributed by atoms with Gasteiger partial charge in [0.2, 0.25) is 0 Å². The summed E-state index contributed by atoms with van der Waals surface area (Å²) in [4.78, 5) is 12.8. The third-order valence-electron chi connectivity index (χ3n) is 4.93. The van der Waals surface area contributed by atoms with Gasteiger partial charge in [-0.1, -0.05) is 73.3 Å². The lowest BCUT2D eigenvalue weighted by Gasteiger charge is -2.14. The van der Waals surface area contributed by atoms with E-state index in [4.69, 9.17) is 4.74 Å². The molecule has 0 bridgehead atoms. The topological polar surface area (TPSA) is 31.2 Å². The van der Waals surface area contributed by atoms with E-state index in [0.717, 1.165) is 38.2 Å². The summed E-state index contributed by atoms with van der Waals surface area (Å²) in [6.45, 7) is 8.57. The minimum Gasteiger partial charge on any atom is -0.465 e. The van der Waals surface area contributed by atoms with Gasteiger partial charge in [-0.15, -0.1) is 17.9 Å². The summed E-state index contributed by atoms with van der Waals surface area (Å²) >= 11 is 1.46. The molecule has 0 saturated heterocycles. The van der Waals surface area contributed by atoms with E-state index in [0.29, 0.717) is 11.4 Å². The summed E-state index contributed by atoms with van der Waals surface area (Å²) in [5.74, 6) is -0.316. The summed E-state index contributed by atoms with van der Waals surface area (Å²) in [6.07, 6.45) is 3.76. The quantitative estimate of drug-likeness (QED) is 0.268. The van der Waals surface area contributed by atoms with Crippen molar-refractivity contribution < 1.29 is 9.53 Å². The maximum Gasteiger partial charge on any atom is 0.348 e. The fraction of sp³-hybridized carbons (Fsp3) is 0.0800. The van der Waals surface area contributed by atoms with Gasteiger partial charge in [-0.05, 0) is 17.2 Å². The number of methoxy groups -OCH3 is 1. The van der Waals surface area contributed by atoms with Gasteiger partial charge >= 0.3 is 5.97 Å². The van der Waals surface area contributed by atoms with E-state index >= 15 is 0 Å². The van der Waals surface area contributed by atoms with Crippen LogP contribution in [0.5, 0.6) is 0 Å². The molecule has 4 aromatic rings. The van der Waals surface area contributed by atoms with Gasteiger partial charge in [-0.3, -0.25) is 0 Å². The highest BCUT2D eigenvalue weighted by atomic mass is 32.1. The number of benzene rings is 2. The van der Waals surface area contributed by atoms with Crippen molar-refractivity contribution in [1.82, 2.24) is 4.57 Å². The number of nitrogens with zero attached hydrogens (tertiary/aromatic N) is 1. The third-order valence-corrected chi connectivity index (χ3v) is 6.06. The molecule has 0 unspecified atom stereocenters. The molecule has 0 amide bonds. The molecule has 2 aromatic carbocycles. The molecule has 0 N–H and O–H groups in total. The number of thiophene rings is 1. The molecule has 0 spiro atoms. The minimum absolute atomic E-state index is 0.316. The minimum atomic E-state index is -0.316. The second kappa shape index (κ2) is 7.94. The molecule has 0 fully saturated rings. The van der Waals surface area contributed by atoms with E-state index in [2.05, 4.69) is 42.0 Å². The number of carbonyl (C=O) groups excluding carboxylic acids is 1. The molecule has 0 radical (unpaired) electrons. The lowest BCUT2D eigenvalue weighted by Crippen LogP contribution is -2.01. The van der Waals surface area contributed by atoms with E-state index < -0.39 is 0 Å². The van der Waals surface area contributed by atoms with Crippen molar-refractivity contribution in [3.63, 3.8) is 0 Å². The first kappa shape index (κ1) is 19.0. The van der Waals surface area contributed by atoms with Gasteiger partial charge in [0.1, 0.15) is 4.88 Å². The summed E-state index contributed by atoms with van der Waals surface area (Å²) in [7, 11) is 1.41. The number of esters is 1. The van der Waals surface area contributed by atoms with E-state index in [1.165, 1.54) is 18.4 Å². The number of hydrogen-bond acceptors (Lipinski definition) is 3. The van der Waals surface area contributed by atoms with Crippen LogP contribution in [0, 0.1) is 0 Å². The van der Waals surface area contributed by atoms with Crippen LogP contribution in [0.2, 0.25) is 0 Å². The Morgan fingerprint density at radius 3 is 2.52 bits per heavy atom. The average molecular weight is 400 g/mol. The first-order valence-electron chi connectivity index (χ1n) is 9.32. The molecule has 2 aromatic heterocycles. The summed E-state index contributed by atoms with van der Waals surface area (Å²) < 4.78 is 8.24. The van der Waals surface area contributed by atoms with Crippen LogP contribution >= 0.6 is 11.3 Å². The van der Waals surface area contributed by atoms with E-state index in [9.17, 15) is 4.79 Å². The molecule has 0 atom stereocenters. The maximum atomic E-state index is 12.2. The zero-order valence-electron chi connectivity index (χ0n) is 16.2. The van der Waals surface area contributed by atoms with Gasteiger partial charge in [-0.25, -0.2) is 4.79 Å². The van der Waals surface area contributed by atoms with E-state index in [1.807, 2.05) is 48.6 Å². The fourth-order valence-corrected chi connectivity index (χ4v) is 4.83. The second-order valence-electron chi connectivity index (χ2n) is 6.60. The monoisotopic (exact) mass is 399 g/mol. The third kappa shape index (κ3) is 3.22. The van der Waals surface area contributed by atoms with Gasteiger partial charge in [0.25, 0.3) is 0 Å². The van der Waals surface area contributed by atoms with Crippen LogP contribution in [-0.4, -0.2) is 17.6 Å². The zero-order chi connectivity index (χ0) is 20.4. The lowest BCUT2D eigenvalue weighted by atomic mass is 9.97. The fourth-order valence-electron chi connectivity index (χ4n) is 3.69. The lowest BCUT2D eigenvalue weighted by molar-refractivity contribution is 0.0606. The van der Waals surface area contributed by atoms with E-state index in [-0.39, 0.29) is 5.97 Å². The van der Waals surface area contributed by atoms with Crippen LogP contribution in [0.1, 0.15) is 15.2 Å². The van der Waals surface area contributed by atoms with Gasteiger partial charge in [-0.2, -0.15) is 0 Å². The number of rotatable bonds is 6. The molecule has 4 rings (SSSR count). The number of allylic oxidation sites excluding steroid dienone is 1. The average Bonchev–Trinajstić information content (AvgIpc) is 3.32.